The zero-order valence-corrected chi connectivity index (χ0v) is 85.8. The monoisotopic (exact) mass is 1810 g/mol. The van der Waals surface area contributed by atoms with Crippen molar-refractivity contribution >= 4 is 110 Å². The zero-order valence-electron chi connectivity index (χ0n) is 85.0. The summed E-state index contributed by atoms with van der Waals surface area (Å²) in [5, 5.41) is 28.9. The number of esters is 2. The summed E-state index contributed by atoms with van der Waals surface area (Å²) in [4.78, 5) is 174. The number of carboxylic acid groups (broad SMARTS) is 3. The molecule has 0 unspecified atom stereocenters. The lowest BCUT2D eigenvalue weighted by atomic mass is 9.72. The normalized spacial score (nSPS) is 11.9. The average Bonchev–Trinajstić information content (AvgIpc) is 1.16. The fraction of sp³-hybridized carbons (Fsp3) is 0.697. The molecule has 0 saturated heterocycles. The molecular weight excluding hydrogens is 1640 g/mol. The van der Waals surface area contributed by atoms with Crippen LogP contribution in [0.25, 0.3) is 0 Å². The van der Waals surface area contributed by atoms with Crippen LogP contribution in [0.5, 0.6) is 0 Å². The number of Topliss-reactive ketones (excluding diaryl/α,β-unsaturated/α-hetero) is 9. The van der Waals surface area contributed by atoms with E-state index < -0.39 is 62.6 Å². The van der Waals surface area contributed by atoms with Crippen LogP contribution in [0.1, 0.15) is 342 Å². The Morgan fingerprint density at radius 2 is 0.780 bits per heavy atom. The number of nitrogens with zero attached hydrogens (tertiary/aromatic N) is 1. The van der Waals surface area contributed by atoms with Gasteiger partial charge in [-0.15, -0.1) is 11.3 Å². The van der Waals surface area contributed by atoms with Crippen molar-refractivity contribution in [1.82, 2.24) is 10.3 Å². The third kappa shape index (κ3) is 70.9. The van der Waals surface area contributed by atoms with Crippen molar-refractivity contribution in [3.8, 4) is 0 Å². The number of thiazole rings is 1. The number of amides is 1. The van der Waals surface area contributed by atoms with E-state index in [1.807, 2.05) is 251 Å². The third-order valence-electron chi connectivity index (χ3n) is 17.9. The number of carboxylic acids is 3. The van der Waals surface area contributed by atoms with E-state index in [4.69, 9.17) is 52.5 Å². The number of nitrogen functional groups attached to an aromatic ring is 2. The maximum Gasteiger partial charge on any atom is 0.407 e. The first-order valence-corrected chi connectivity index (χ1v) is 44.2. The average molecular weight is 1810 g/mol. The van der Waals surface area contributed by atoms with E-state index in [1.54, 1.807) is 59.9 Å². The van der Waals surface area contributed by atoms with Gasteiger partial charge in [0.15, 0.2) is 5.13 Å². The predicted molar refractivity (Wildman–Crippen MR) is 509 cm³/mol. The molecule has 0 saturated carbocycles. The fourth-order valence-electron chi connectivity index (χ4n) is 9.38. The molecule has 3 aromatic rings. The molecule has 0 aliphatic carbocycles. The van der Waals surface area contributed by atoms with Crippen molar-refractivity contribution < 1.29 is 101 Å². The summed E-state index contributed by atoms with van der Waals surface area (Å²) < 4.78 is 14.9. The Bertz CT molecular complexity index is 3940. The summed E-state index contributed by atoms with van der Waals surface area (Å²) in [6.07, 6.45) is 5.84. The van der Waals surface area contributed by atoms with Crippen LogP contribution < -0.4 is 28.3 Å². The second kappa shape index (κ2) is 57.3. The number of hydrogen-bond donors (Lipinski definition) is 8. The summed E-state index contributed by atoms with van der Waals surface area (Å²) in [5.74, 6) is -1.76. The van der Waals surface area contributed by atoms with Crippen LogP contribution in [0, 0.1) is 65.0 Å². The van der Waals surface area contributed by atoms with Gasteiger partial charge in [-0.2, -0.15) is 0 Å². The number of rotatable bonds is 30. The van der Waals surface area contributed by atoms with Crippen molar-refractivity contribution in [1.29, 1.82) is 0 Å². The van der Waals surface area contributed by atoms with Crippen molar-refractivity contribution in [3.63, 3.8) is 0 Å². The van der Waals surface area contributed by atoms with Crippen LogP contribution in [0.3, 0.4) is 0 Å². The van der Waals surface area contributed by atoms with Crippen LogP contribution in [0.15, 0.2) is 54.7 Å². The Hall–Kier alpha value is -8.76. The highest BCUT2D eigenvalue weighted by molar-refractivity contribution is 7.15. The van der Waals surface area contributed by atoms with E-state index in [9.17, 15) is 71.9 Å². The van der Waals surface area contributed by atoms with Crippen molar-refractivity contribution in [2.45, 2.75) is 352 Å². The van der Waals surface area contributed by atoms with Gasteiger partial charge in [-0.25, -0.2) is 9.78 Å². The Morgan fingerprint density at radius 3 is 1.13 bits per heavy atom. The molecule has 728 valence electrons. The first-order valence-electron chi connectivity index (χ1n) is 43.4. The van der Waals surface area contributed by atoms with Crippen LogP contribution in [0.2, 0.25) is 0 Å². The van der Waals surface area contributed by atoms with Crippen LogP contribution >= 0.6 is 11.3 Å². The maximum absolute atomic E-state index is 11.9. The molecule has 3 rings (SSSR count). The summed E-state index contributed by atoms with van der Waals surface area (Å²) in [7, 11) is 0. The number of hydrogen-bond acceptors (Lipinski definition) is 24. The van der Waals surface area contributed by atoms with E-state index >= 15 is 0 Å². The number of anilines is 2. The van der Waals surface area contributed by atoms with Gasteiger partial charge in [-0.3, -0.25) is 67.1 Å². The van der Waals surface area contributed by atoms with Crippen molar-refractivity contribution in [3.05, 3.63) is 76.3 Å². The third-order valence-corrected chi connectivity index (χ3v) is 18.8. The number of aliphatic carboxylic acids is 3. The lowest BCUT2D eigenvalue weighted by Gasteiger charge is -2.30. The number of carbonyl (C=O) groups excluding carboxylic acids is 12. The lowest BCUT2D eigenvalue weighted by molar-refractivity contribution is -0.158. The molecule has 0 aliphatic heterocycles. The number of benzene rings is 2. The van der Waals surface area contributed by atoms with Gasteiger partial charge >= 0.3 is 35.9 Å². The Labute approximate surface area is 766 Å². The molecular formula is C99H170N6O21S. The molecule has 0 atom stereocenters. The topological polar surface area (TPSA) is 473 Å². The minimum absolute atomic E-state index is 0.0182. The van der Waals surface area contributed by atoms with E-state index in [2.05, 4.69) is 10.3 Å². The minimum atomic E-state index is -0.850. The van der Waals surface area contributed by atoms with Crippen LogP contribution in [-0.2, 0) is 107 Å². The van der Waals surface area contributed by atoms with E-state index in [0.29, 0.717) is 87.6 Å². The first kappa shape index (κ1) is 129. The van der Waals surface area contributed by atoms with Gasteiger partial charge in [0.2, 0.25) is 0 Å². The van der Waals surface area contributed by atoms with Gasteiger partial charge in [0.1, 0.15) is 70.9 Å². The maximum atomic E-state index is 11.9. The zero-order chi connectivity index (χ0) is 102. The molecule has 2 aromatic carbocycles. The molecule has 0 fully saturated rings. The highest BCUT2D eigenvalue weighted by Gasteiger charge is 2.37. The molecule has 0 radical (unpaired) electrons. The van der Waals surface area contributed by atoms with Crippen molar-refractivity contribution in [2.75, 3.05) is 44.3 Å². The van der Waals surface area contributed by atoms with Crippen molar-refractivity contribution in [2.24, 2.45) is 76.4 Å². The quantitative estimate of drug-likeness (QED) is 0.0133. The fourth-order valence-corrected chi connectivity index (χ4v) is 10.1. The second-order valence-corrected chi connectivity index (χ2v) is 45.3. The Morgan fingerprint density at radius 1 is 0.386 bits per heavy atom. The van der Waals surface area contributed by atoms with E-state index in [1.165, 1.54) is 11.3 Å². The summed E-state index contributed by atoms with van der Waals surface area (Å²) in [5.41, 5.74) is 20.0. The summed E-state index contributed by atoms with van der Waals surface area (Å²) in [6, 6.07) is 14.7. The predicted octanol–water partition coefficient (Wildman–Crippen LogP) is 19.1. The molecule has 127 heavy (non-hydrogen) atoms. The highest BCUT2D eigenvalue weighted by Crippen LogP contribution is 2.34. The molecule has 0 spiro atoms. The number of carbonyl (C=O) groups is 15. The number of aromatic nitrogens is 1. The SMILES string of the molecule is CC(C)(C)C(=O)C(C)(C)CCC(=O)O.CC(C)(C)C(=O)CCC(=O)OCCOC(=O)C(C)(C)C.CC(C)(C)C(=O)CCCN.CC(C)(C)C(=O)CCN.CC(C)(C)C(=O)Cc1ccc(CC(=O)O)cc1.CC(C)(C)C(=O)Cc1cccc(N)c1.CC(C)(C)C(=O)Cc1cnc(N)s1.CC(C)(C)OC(=O)NCCC(=O)C(C)(C)C.CC(C)(CC(=O)O)CC(=O)C(C)(C)C. The molecule has 27 nitrogen and oxygen atoms in total. The molecule has 28 heteroatoms. The molecule has 1 heterocycles. The molecule has 0 bridgehead atoms. The Kier molecular flexibility index (Phi) is 58.2. The number of nitrogens with two attached hydrogens (primary N) is 4. The second-order valence-electron chi connectivity index (χ2n) is 44.2. The molecule has 1 aromatic heterocycles. The number of ether oxygens (including phenoxy) is 3. The van der Waals surface area contributed by atoms with Gasteiger partial charge in [0.05, 0.1) is 24.7 Å². The smallest absolute Gasteiger partial charge is 0.407 e. The first-order chi connectivity index (χ1) is 56.6. The van der Waals surface area contributed by atoms with Gasteiger partial charge in [-0.05, 0) is 102 Å². The number of nitrogens with one attached hydrogen (secondary N) is 1. The highest BCUT2D eigenvalue weighted by atomic mass is 32.1. The minimum Gasteiger partial charge on any atom is -0.481 e. The molecule has 0 aliphatic rings. The van der Waals surface area contributed by atoms with Gasteiger partial charge in [0, 0.05) is 135 Å². The summed E-state index contributed by atoms with van der Waals surface area (Å²) in [6.45, 7) is 70.3. The number of ketones is 9. The molecule has 12 N–H and O–H groups in total. The van der Waals surface area contributed by atoms with Gasteiger partial charge < -0.3 is 57.8 Å². The van der Waals surface area contributed by atoms with E-state index in [0.717, 1.165) is 28.0 Å². The Balaban J connectivity index is -0.000000327. The number of alkyl carbamates (subject to hydrolysis) is 1. The van der Waals surface area contributed by atoms with Crippen LogP contribution in [0.4, 0.5) is 15.6 Å². The standard InChI is InChI=1S/C15H26O5.C14H18O3.C12H23NO3.C12H17NO.2C11H20O3.C9H14N2OS.C8H17NO.C7H15NO/c1-14(2,3)11(16)7-8-12(17)19-9-10-20-13(18)15(4,5)6;1-14(2,3)12(15)8-10-4-6-11(7-5-10)9-13(16)17;1-11(2,3)9(14)7-8-13-10(15)16-12(4,5)6;1-12(2,3)11(14)8-9-5-4-6-10(13)7-9;1-10(2,3)8(12)6-11(4,5)7-9(13)14;1-10(2,3)9(14)11(4,5)7-6-8(12)13;1-9(2,3)7(12)4-6-5-11-8(10)13-6;1-8(2,3)7(10)5-4-6-9;1-7(2,3)6(9)4-5-8/h7-10H2,1-6H3;4-7H,8-9H2,1-3H3,(H,16,17);7-8H2,1-6H3,(H,13,15);4-7H,8,13H2,1-3H3;6-7H2,1-5H3,(H,13,14);6-7H2,1-5H3,(H,12,13);5H,4H2,1-3H3,(H2,10,11);4-6,9H2,1-3H3;4-5,8H2,1-3H3. The van der Waals surface area contributed by atoms with Gasteiger partial charge in [0.25, 0.3) is 0 Å². The molecule has 1 amide bonds. The van der Waals surface area contributed by atoms with Gasteiger partial charge in [-0.1, -0.05) is 251 Å². The summed E-state index contributed by atoms with van der Waals surface area (Å²) >= 11 is 1.38. The largest absolute Gasteiger partial charge is 0.481 e. The van der Waals surface area contributed by atoms with E-state index in [-0.39, 0.29) is 135 Å². The lowest BCUT2D eigenvalue weighted by Crippen LogP contribution is -2.35. The van der Waals surface area contributed by atoms with Crippen LogP contribution in [-0.4, -0.2) is 147 Å².